The first-order chi connectivity index (χ1) is 9.89. The molecule has 0 saturated heterocycles. The van der Waals surface area contributed by atoms with E-state index in [1.54, 1.807) is 7.11 Å². The van der Waals surface area contributed by atoms with Crippen molar-refractivity contribution < 1.29 is 9.47 Å². The zero-order valence-corrected chi connectivity index (χ0v) is 14.4. The van der Waals surface area contributed by atoms with Gasteiger partial charge in [0.05, 0.1) is 6.61 Å². The predicted octanol–water partition coefficient (Wildman–Crippen LogP) is 3.77. The molecule has 1 rings (SSSR count). The van der Waals surface area contributed by atoms with Crippen molar-refractivity contribution in [1.82, 2.24) is 5.32 Å². The van der Waals surface area contributed by atoms with Crippen molar-refractivity contribution >= 4 is 0 Å². The number of hydrogen-bond acceptors (Lipinski definition) is 3. The number of benzene rings is 1. The van der Waals surface area contributed by atoms with Crippen LogP contribution >= 0.6 is 0 Å². The van der Waals surface area contributed by atoms with E-state index in [0.29, 0.717) is 12.6 Å². The third-order valence-corrected chi connectivity index (χ3v) is 3.93. The maximum atomic E-state index is 6.02. The molecule has 120 valence electrons. The van der Waals surface area contributed by atoms with Gasteiger partial charge in [-0.1, -0.05) is 46.8 Å². The molecule has 0 fully saturated rings. The third-order valence-electron chi connectivity index (χ3n) is 3.93. The Labute approximate surface area is 130 Å². The molecule has 3 nitrogen and oxygen atoms in total. The monoisotopic (exact) mass is 293 g/mol. The molecule has 1 unspecified atom stereocenters. The van der Waals surface area contributed by atoms with Gasteiger partial charge < -0.3 is 14.8 Å². The average molecular weight is 293 g/mol. The fraction of sp³-hybridized carbons (Fsp3) is 0.667. The van der Waals surface area contributed by atoms with E-state index >= 15 is 0 Å². The Morgan fingerprint density at radius 1 is 1.14 bits per heavy atom. The first-order valence-corrected chi connectivity index (χ1v) is 7.88. The molecule has 0 aromatic heterocycles. The molecule has 0 heterocycles. The lowest BCUT2D eigenvalue weighted by Gasteiger charge is -2.24. The van der Waals surface area contributed by atoms with Crippen molar-refractivity contribution in [2.24, 2.45) is 0 Å². The van der Waals surface area contributed by atoms with E-state index in [9.17, 15) is 0 Å². The number of hydrogen-bond donors (Lipinski definition) is 1. The average Bonchev–Trinajstić information content (AvgIpc) is 2.45. The molecule has 0 aliphatic rings. The highest BCUT2D eigenvalue weighted by Gasteiger charge is 2.18. The minimum atomic E-state index is 0.0300. The quantitative estimate of drug-likeness (QED) is 0.752. The Hall–Kier alpha value is -1.06. The van der Waals surface area contributed by atoms with Crippen molar-refractivity contribution in [1.29, 1.82) is 0 Å². The summed E-state index contributed by atoms with van der Waals surface area (Å²) in [5.74, 6) is 0.901. The van der Waals surface area contributed by atoms with E-state index in [1.165, 1.54) is 5.56 Å². The minimum Gasteiger partial charge on any atom is -0.487 e. The molecule has 1 aromatic carbocycles. The Bertz CT molecular complexity index is 398. The molecule has 0 aliphatic heterocycles. The highest BCUT2D eigenvalue weighted by molar-refractivity contribution is 5.31. The van der Waals surface area contributed by atoms with E-state index in [-0.39, 0.29) is 11.5 Å². The summed E-state index contributed by atoms with van der Waals surface area (Å²) in [7, 11) is 1.71. The van der Waals surface area contributed by atoms with E-state index < -0.39 is 0 Å². The van der Waals surface area contributed by atoms with Crippen molar-refractivity contribution in [2.75, 3.05) is 20.3 Å². The molecule has 0 aliphatic carbocycles. The van der Waals surface area contributed by atoms with Crippen LogP contribution < -0.4 is 10.1 Å². The first kappa shape index (κ1) is 18.0. The lowest BCUT2D eigenvalue weighted by Crippen LogP contribution is -2.38. The van der Waals surface area contributed by atoms with Gasteiger partial charge in [0.1, 0.15) is 11.9 Å². The maximum Gasteiger partial charge on any atom is 0.134 e. The zero-order valence-electron chi connectivity index (χ0n) is 14.4. The van der Waals surface area contributed by atoms with Crippen LogP contribution in [0.25, 0.3) is 0 Å². The second-order valence-corrected chi connectivity index (χ2v) is 6.52. The fourth-order valence-corrected chi connectivity index (χ4v) is 2.07. The van der Waals surface area contributed by atoms with Crippen LogP contribution in [0.4, 0.5) is 0 Å². The van der Waals surface area contributed by atoms with Crippen molar-refractivity contribution in [3.8, 4) is 5.75 Å². The Morgan fingerprint density at radius 2 is 1.76 bits per heavy atom. The van der Waals surface area contributed by atoms with Crippen molar-refractivity contribution in [2.45, 2.75) is 58.6 Å². The molecule has 0 saturated carbocycles. The van der Waals surface area contributed by atoms with Crippen LogP contribution in [0.2, 0.25) is 0 Å². The summed E-state index contributed by atoms with van der Waals surface area (Å²) in [4.78, 5) is 0. The van der Waals surface area contributed by atoms with E-state index in [1.807, 2.05) is 0 Å². The molecule has 0 amide bonds. The molecular formula is C18H31NO2. The highest BCUT2D eigenvalue weighted by Crippen LogP contribution is 2.28. The van der Waals surface area contributed by atoms with Crippen LogP contribution in [-0.4, -0.2) is 32.4 Å². The largest absolute Gasteiger partial charge is 0.487 e. The summed E-state index contributed by atoms with van der Waals surface area (Å²) in [5, 5.41) is 3.39. The standard InChI is InChI=1S/C18H31NO2/c1-7-18(4,5)15-8-10-16(11-9-15)21-17(13-20-6)12-19-14(2)3/h8-11,14,17,19H,7,12-13H2,1-6H3. The molecular weight excluding hydrogens is 262 g/mol. The summed E-state index contributed by atoms with van der Waals surface area (Å²) in [6, 6.07) is 8.90. The highest BCUT2D eigenvalue weighted by atomic mass is 16.5. The van der Waals surface area contributed by atoms with Crippen LogP contribution in [0.3, 0.4) is 0 Å². The van der Waals surface area contributed by atoms with Gasteiger partial charge >= 0.3 is 0 Å². The topological polar surface area (TPSA) is 30.5 Å². The fourth-order valence-electron chi connectivity index (χ4n) is 2.07. The number of ether oxygens (including phenoxy) is 2. The van der Waals surface area contributed by atoms with Gasteiger partial charge in [0.25, 0.3) is 0 Å². The van der Waals surface area contributed by atoms with Gasteiger partial charge in [-0.25, -0.2) is 0 Å². The minimum absolute atomic E-state index is 0.0300. The normalized spacial score (nSPS) is 13.5. The Balaban J connectivity index is 2.67. The third kappa shape index (κ3) is 6.06. The smallest absolute Gasteiger partial charge is 0.134 e. The molecule has 0 spiro atoms. The zero-order chi connectivity index (χ0) is 15.9. The molecule has 1 N–H and O–H groups in total. The molecule has 1 aromatic rings. The number of rotatable bonds is 9. The number of nitrogens with one attached hydrogen (secondary N) is 1. The summed E-state index contributed by atoms with van der Waals surface area (Å²) in [5.41, 5.74) is 1.56. The molecule has 3 heteroatoms. The van der Waals surface area contributed by atoms with Gasteiger partial charge in [0.2, 0.25) is 0 Å². The van der Waals surface area contributed by atoms with Gasteiger partial charge in [0.15, 0.2) is 0 Å². The lowest BCUT2D eigenvalue weighted by molar-refractivity contribution is 0.0794. The molecule has 0 bridgehead atoms. The van der Waals surface area contributed by atoms with Crippen LogP contribution in [0.1, 0.15) is 46.6 Å². The summed E-state index contributed by atoms with van der Waals surface area (Å²) in [6.07, 6.45) is 1.15. The van der Waals surface area contributed by atoms with Gasteiger partial charge in [-0.3, -0.25) is 0 Å². The lowest BCUT2D eigenvalue weighted by atomic mass is 9.82. The molecule has 1 atom stereocenters. The Kier molecular flexibility index (Phi) is 7.20. The molecule has 21 heavy (non-hydrogen) atoms. The van der Waals surface area contributed by atoms with Crippen molar-refractivity contribution in [3.05, 3.63) is 29.8 Å². The Morgan fingerprint density at radius 3 is 2.24 bits per heavy atom. The second kappa shape index (κ2) is 8.40. The summed E-state index contributed by atoms with van der Waals surface area (Å²) in [6.45, 7) is 12.4. The van der Waals surface area contributed by atoms with E-state index in [2.05, 4.69) is 64.2 Å². The first-order valence-electron chi connectivity index (χ1n) is 7.88. The van der Waals surface area contributed by atoms with Gasteiger partial charge in [-0.05, 0) is 29.5 Å². The maximum absolute atomic E-state index is 6.02. The van der Waals surface area contributed by atoms with Crippen LogP contribution in [0.5, 0.6) is 5.75 Å². The predicted molar refractivity (Wildman–Crippen MR) is 89.2 cm³/mol. The van der Waals surface area contributed by atoms with E-state index in [0.717, 1.165) is 18.7 Å². The van der Waals surface area contributed by atoms with Crippen molar-refractivity contribution in [3.63, 3.8) is 0 Å². The molecule has 0 radical (unpaired) electrons. The van der Waals surface area contributed by atoms with Gasteiger partial charge in [-0.15, -0.1) is 0 Å². The van der Waals surface area contributed by atoms with Crippen LogP contribution in [-0.2, 0) is 10.2 Å². The van der Waals surface area contributed by atoms with Gasteiger partial charge in [-0.2, -0.15) is 0 Å². The number of methoxy groups -OCH3 is 1. The SMILES string of the molecule is CCC(C)(C)c1ccc(OC(CNC(C)C)COC)cc1. The van der Waals surface area contributed by atoms with Crippen LogP contribution in [0, 0.1) is 0 Å². The van der Waals surface area contributed by atoms with Crippen LogP contribution in [0.15, 0.2) is 24.3 Å². The summed E-state index contributed by atoms with van der Waals surface area (Å²) < 4.78 is 11.3. The van der Waals surface area contributed by atoms with Gasteiger partial charge in [0, 0.05) is 19.7 Å². The second-order valence-electron chi connectivity index (χ2n) is 6.52. The summed E-state index contributed by atoms with van der Waals surface area (Å²) >= 11 is 0. The van der Waals surface area contributed by atoms with E-state index in [4.69, 9.17) is 9.47 Å².